The zero-order chi connectivity index (χ0) is 14.7. The summed E-state index contributed by atoms with van der Waals surface area (Å²) in [6.45, 7) is 9.00. The Balaban J connectivity index is 2.27. The van der Waals surface area contributed by atoms with E-state index in [4.69, 9.17) is 11.6 Å². The van der Waals surface area contributed by atoms with Crippen molar-refractivity contribution >= 4 is 11.6 Å². The molecule has 0 aliphatic carbocycles. The van der Waals surface area contributed by atoms with Crippen LogP contribution in [0.1, 0.15) is 54.9 Å². The molecule has 0 aliphatic heterocycles. The van der Waals surface area contributed by atoms with Gasteiger partial charge in [-0.3, -0.25) is 0 Å². The Bertz CT molecular complexity index is 584. The molecule has 0 radical (unpaired) electrons. The Kier molecular flexibility index (Phi) is 4.88. The molecule has 0 bridgehead atoms. The summed E-state index contributed by atoms with van der Waals surface area (Å²) in [5.41, 5.74) is 5.56. The van der Waals surface area contributed by atoms with Crippen molar-refractivity contribution in [1.82, 2.24) is 0 Å². The fraction of sp³-hybridized carbons (Fsp3) is 0.368. The van der Waals surface area contributed by atoms with Crippen LogP contribution in [0.3, 0.4) is 0 Å². The minimum atomic E-state index is 0.435. The maximum absolute atomic E-state index is 6.31. The molecule has 0 spiro atoms. The lowest BCUT2D eigenvalue weighted by Gasteiger charge is -2.18. The number of hydrogen-bond acceptors (Lipinski definition) is 0. The summed E-state index contributed by atoms with van der Waals surface area (Å²) in [6.07, 6.45) is 1.04. The first-order valence-electron chi connectivity index (χ1n) is 7.33. The molecule has 2 rings (SSSR count). The van der Waals surface area contributed by atoms with Crippen LogP contribution in [0, 0.1) is 6.92 Å². The van der Waals surface area contributed by atoms with E-state index in [2.05, 4.69) is 58.0 Å². The first kappa shape index (κ1) is 15.1. The molecule has 2 aromatic rings. The Morgan fingerprint density at radius 2 is 1.55 bits per heavy atom. The van der Waals surface area contributed by atoms with E-state index in [0.717, 1.165) is 11.4 Å². The Hall–Kier alpha value is -1.27. The topological polar surface area (TPSA) is 0 Å². The molecule has 0 aromatic heterocycles. The van der Waals surface area contributed by atoms with Gasteiger partial charge in [-0.2, -0.15) is 0 Å². The average molecular weight is 287 g/mol. The largest absolute Gasteiger partial charge is 0.0840 e. The van der Waals surface area contributed by atoms with E-state index in [0.29, 0.717) is 11.8 Å². The van der Waals surface area contributed by atoms with Gasteiger partial charge in [-0.05, 0) is 53.5 Å². The summed E-state index contributed by atoms with van der Waals surface area (Å²) in [6, 6.07) is 14.8. The maximum atomic E-state index is 6.31. The fourth-order valence-electron chi connectivity index (χ4n) is 2.86. The van der Waals surface area contributed by atoms with Gasteiger partial charge >= 0.3 is 0 Å². The van der Waals surface area contributed by atoms with Crippen LogP contribution in [-0.4, -0.2) is 0 Å². The van der Waals surface area contributed by atoms with Crippen LogP contribution < -0.4 is 0 Å². The van der Waals surface area contributed by atoms with Gasteiger partial charge < -0.3 is 0 Å². The lowest BCUT2D eigenvalue weighted by Crippen LogP contribution is -2.03. The highest BCUT2D eigenvalue weighted by Gasteiger charge is 2.13. The van der Waals surface area contributed by atoms with Gasteiger partial charge in [-0.1, -0.05) is 68.8 Å². The fourth-order valence-corrected chi connectivity index (χ4v) is 3.19. The summed E-state index contributed by atoms with van der Waals surface area (Å²) in [4.78, 5) is 0. The van der Waals surface area contributed by atoms with Crippen molar-refractivity contribution in [1.29, 1.82) is 0 Å². The second-order valence-corrected chi connectivity index (χ2v) is 6.32. The summed E-state index contributed by atoms with van der Waals surface area (Å²) in [5.74, 6) is 1.01. The molecule has 1 heteroatoms. The Morgan fingerprint density at radius 1 is 0.900 bits per heavy atom. The minimum Gasteiger partial charge on any atom is -0.0840 e. The smallest absolute Gasteiger partial charge is 0.0440 e. The minimum absolute atomic E-state index is 0.435. The first-order chi connectivity index (χ1) is 9.50. The number of rotatable bonds is 4. The average Bonchev–Trinajstić information content (AvgIpc) is 2.41. The van der Waals surface area contributed by atoms with E-state index in [-0.39, 0.29) is 0 Å². The van der Waals surface area contributed by atoms with Crippen molar-refractivity contribution in [3.05, 3.63) is 69.7 Å². The number of hydrogen-bond donors (Lipinski definition) is 0. The second-order valence-electron chi connectivity index (χ2n) is 5.91. The zero-order valence-electron chi connectivity index (χ0n) is 12.8. The highest BCUT2D eigenvalue weighted by Crippen LogP contribution is 2.30. The normalized spacial score (nSPS) is 12.7. The molecule has 106 valence electrons. The van der Waals surface area contributed by atoms with Crippen molar-refractivity contribution in [3.63, 3.8) is 0 Å². The first-order valence-corrected chi connectivity index (χ1v) is 7.71. The van der Waals surface area contributed by atoms with Crippen molar-refractivity contribution < 1.29 is 0 Å². The van der Waals surface area contributed by atoms with E-state index >= 15 is 0 Å². The van der Waals surface area contributed by atoms with Gasteiger partial charge in [0.25, 0.3) is 0 Å². The maximum Gasteiger partial charge on any atom is 0.0440 e. The molecule has 20 heavy (non-hydrogen) atoms. The number of benzene rings is 2. The third-order valence-electron chi connectivity index (χ3n) is 4.07. The second kappa shape index (κ2) is 6.45. The van der Waals surface area contributed by atoms with E-state index in [1.807, 2.05) is 12.1 Å². The predicted octanol–water partition coefficient (Wildman–Crippen LogP) is 6.12. The van der Waals surface area contributed by atoms with Gasteiger partial charge in [0.05, 0.1) is 0 Å². The molecule has 0 nitrogen and oxygen atoms in total. The zero-order valence-corrected chi connectivity index (χ0v) is 13.5. The van der Waals surface area contributed by atoms with Crippen molar-refractivity contribution in [2.45, 2.75) is 46.0 Å². The Morgan fingerprint density at radius 3 is 2.20 bits per heavy atom. The highest BCUT2D eigenvalue weighted by atomic mass is 35.5. The summed E-state index contributed by atoms with van der Waals surface area (Å²) >= 11 is 6.31. The van der Waals surface area contributed by atoms with Crippen LogP contribution in [-0.2, 0) is 6.42 Å². The lowest BCUT2D eigenvalue weighted by molar-refractivity contribution is 0.749. The van der Waals surface area contributed by atoms with Crippen molar-refractivity contribution in [2.24, 2.45) is 0 Å². The van der Waals surface area contributed by atoms with Crippen LogP contribution in [0.25, 0.3) is 0 Å². The molecule has 0 saturated heterocycles. The summed E-state index contributed by atoms with van der Waals surface area (Å²) in [7, 11) is 0. The van der Waals surface area contributed by atoms with Crippen LogP contribution >= 0.6 is 11.6 Å². The van der Waals surface area contributed by atoms with E-state index in [1.54, 1.807) is 0 Å². The van der Waals surface area contributed by atoms with Gasteiger partial charge in [-0.25, -0.2) is 0 Å². The standard InChI is InChI=1S/C19H23Cl/c1-13(2)17-10-7-8-16(15(17)4)12-14(3)18-9-5-6-11-19(18)20/h5-11,13-14H,12H2,1-4H3. The monoisotopic (exact) mass is 286 g/mol. The molecule has 0 saturated carbocycles. The van der Waals surface area contributed by atoms with Gasteiger partial charge in [0.1, 0.15) is 0 Å². The van der Waals surface area contributed by atoms with Gasteiger partial charge in [0, 0.05) is 5.02 Å². The van der Waals surface area contributed by atoms with Gasteiger partial charge in [0.15, 0.2) is 0 Å². The predicted molar refractivity (Wildman–Crippen MR) is 88.8 cm³/mol. The molecule has 0 aliphatic rings. The Labute approximate surface area is 127 Å². The molecular weight excluding hydrogens is 264 g/mol. The molecule has 2 aromatic carbocycles. The van der Waals surface area contributed by atoms with Gasteiger partial charge in [0.2, 0.25) is 0 Å². The van der Waals surface area contributed by atoms with Crippen LogP contribution in [0.2, 0.25) is 5.02 Å². The molecule has 0 amide bonds. The third kappa shape index (κ3) is 3.24. The van der Waals surface area contributed by atoms with Crippen molar-refractivity contribution in [3.8, 4) is 0 Å². The third-order valence-corrected chi connectivity index (χ3v) is 4.42. The van der Waals surface area contributed by atoms with E-state index in [1.165, 1.54) is 22.3 Å². The summed E-state index contributed by atoms with van der Waals surface area (Å²) < 4.78 is 0. The molecule has 1 atom stereocenters. The molecular formula is C19H23Cl. The van der Waals surface area contributed by atoms with Crippen LogP contribution in [0.5, 0.6) is 0 Å². The molecule has 1 unspecified atom stereocenters. The van der Waals surface area contributed by atoms with Crippen LogP contribution in [0.4, 0.5) is 0 Å². The SMILES string of the molecule is Cc1c(CC(C)c2ccccc2Cl)cccc1C(C)C. The summed E-state index contributed by atoms with van der Waals surface area (Å²) in [5, 5.41) is 0.873. The van der Waals surface area contributed by atoms with E-state index < -0.39 is 0 Å². The van der Waals surface area contributed by atoms with Crippen molar-refractivity contribution in [2.75, 3.05) is 0 Å². The number of halogens is 1. The molecule has 0 fully saturated rings. The molecule has 0 N–H and O–H groups in total. The van der Waals surface area contributed by atoms with Gasteiger partial charge in [-0.15, -0.1) is 0 Å². The quantitative estimate of drug-likeness (QED) is 0.635. The van der Waals surface area contributed by atoms with E-state index in [9.17, 15) is 0 Å². The van der Waals surface area contributed by atoms with Crippen LogP contribution in [0.15, 0.2) is 42.5 Å². The highest BCUT2D eigenvalue weighted by molar-refractivity contribution is 6.31. The lowest BCUT2D eigenvalue weighted by atomic mass is 9.88. The molecule has 0 heterocycles.